The molecule has 1 aromatic rings. The minimum absolute atomic E-state index is 0.610. The van der Waals surface area contributed by atoms with Gasteiger partial charge in [-0.1, -0.05) is 53.2 Å². The van der Waals surface area contributed by atoms with Gasteiger partial charge < -0.3 is 0 Å². The standard InChI is InChI=1S/C16H24BrN/c1-13-7-6-10-18(14(13)2)12-16(11-17)15-8-4-3-5-9-15/h3-5,8-9,13-14,16H,6-7,10-12H2,1-2H3. The highest BCUT2D eigenvalue weighted by molar-refractivity contribution is 9.09. The first-order chi connectivity index (χ1) is 8.72. The van der Waals surface area contributed by atoms with Crippen LogP contribution in [0.15, 0.2) is 30.3 Å². The Bertz CT molecular complexity index is 351. The third-order valence-electron chi connectivity index (χ3n) is 4.42. The van der Waals surface area contributed by atoms with E-state index in [-0.39, 0.29) is 0 Å². The number of rotatable bonds is 4. The molecule has 2 rings (SSSR count). The van der Waals surface area contributed by atoms with Gasteiger partial charge in [-0.05, 0) is 37.8 Å². The van der Waals surface area contributed by atoms with E-state index in [2.05, 4.69) is 65.0 Å². The van der Waals surface area contributed by atoms with E-state index in [1.165, 1.54) is 31.5 Å². The quantitative estimate of drug-likeness (QED) is 0.750. The Morgan fingerprint density at radius 3 is 2.67 bits per heavy atom. The first kappa shape index (κ1) is 14.1. The molecule has 0 N–H and O–H groups in total. The number of likely N-dealkylation sites (tertiary alicyclic amines) is 1. The van der Waals surface area contributed by atoms with Gasteiger partial charge in [-0.3, -0.25) is 4.90 Å². The van der Waals surface area contributed by atoms with Crippen molar-refractivity contribution in [1.29, 1.82) is 0 Å². The minimum atomic E-state index is 0.610. The molecule has 0 radical (unpaired) electrons. The van der Waals surface area contributed by atoms with E-state index in [0.29, 0.717) is 5.92 Å². The van der Waals surface area contributed by atoms with Crippen LogP contribution in [0.4, 0.5) is 0 Å². The highest BCUT2D eigenvalue weighted by Crippen LogP contribution is 2.27. The summed E-state index contributed by atoms with van der Waals surface area (Å²) >= 11 is 3.69. The molecule has 2 heteroatoms. The summed E-state index contributed by atoms with van der Waals surface area (Å²) in [6.45, 7) is 7.23. The number of hydrogen-bond acceptors (Lipinski definition) is 1. The number of nitrogens with zero attached hydrogens (tertiary/aromatic N) is 1. The summed E-state index contributed by atoms with van der Waals surface area (Å²) in [7, 11) is 0. The monoisotopic (exact) mass is 309 g/mol. The molecular formula is C16H24BrN. The van der Waals surface area contributed by atoms with Crippen LogP contribution in [-0.4, -0.2) is 29.4 Å². The normalized spacial score (nSPS) is 27.1. The fourth-order valence-corrected chi connectivity index (χ4v) is 3.51. The largest absolute Gasteiger partial charge is 0.300 e. The van der Waals surface area contributed by atoms with E-state index in [9.17, 15) is 0 Å². The van der Waals surface area contributed by atoms with Gasteiger partial charge in [-0.25, -0.2) is 0 Å². The third-order valence-corrected chi connectivity index (χ3v) is 5.20. The Morgan fingerprint density at radius 2 is 2.00 bits per heavy atom. The first-order valence-corrected chi connectivity index (χ1v) is 8.19. The maximum atomic E-state index is 3.69. The SMILES string of the molecule is CC1CCCN(CC(CBr)c2ccccc2)C1C. The van der Waals surface area contributed by atoms with Crippen molar-refractivity contribution in [2.45, 2.75) is 38.6 Å². The van der Waals surface area contributed by atoms with E-state index in [1.54, 1.807) is 0 Å². The second kappa shape index (κ2) is 6.72. The molecule has 100 valence electrons. The maximum absolute atomic E-state index is 3.69. The minimum Gasteiger partial charge on any atom is -0.300 e. The smallest absolute Gasteiger partial charge is 0.0112 e. The van der Waals surface area contributed by atoms with Crippen LogP contribution in [-0.2, 0) is 0 Å². The van der Waals surface area contributed by atoms with Crippen molar-refractivity contribution in [3.05, 3.63) is 35.9 Å². The lowest BCUT2D eigenvalue weighted by Crippen LogP contribution is -2.44. The van der Waals surface area contributed by atoms with Gasteiger partial charge in [0.2, 0.25) is 0 Å². The molecule has 18 heavy (non-hydrogen) atoms. The van der Waals surface area contributed by atoms with E-state index < -0.39 is 0 Å². The Hall–Kier alpha value is -0.340. The highest BCUT2D eigenvalue weighted by atomic mass is 79.9. The molecule has 1 aliphatic rings. The number of alkyl halides is 1. The van der Waals surface area contributed by atoms with Crippen molar-refractivity contribution in [2.24, 2.45) is 5.92 Å². The van der Waals surface area contributed by atoms with Crippen LogP contribution >= 0.6 is 15.9 Å². The molecule has 1 nitrogen and oxygen atoms in total. The van der Waals surface area contributed by atoms with Crippen molar-refractivity contribution in [2.75, 3.05) is 18.4 Å². The summed E-state index contributed by atoms with van der Waals surface area (Å²) in [5, 5.41) is 1.05. The number of hydrogen-bond donors (Lipinski definition) is 0. The van der Waals surface area contributed by atoms with Crippen molar-refractivity contribution in [3.8, 4) is 0 Å². The number of benzene rings is 1. The third kappa shape index (κ3) is 3.36. The summed E-state index contributed by atoms with van der Waals surface area (Å²) in [5.74, 6) is 1.45. The van der Waals surface area contributed by atoms with Crippen molar-refractivity contribution in [3.63, 3.8) is 0 Å². The second-order valence-electron chi connectivity index (χ2n) is 5.62. The summed E-state index contributed by atoms with van der Waals surface area (Å²) in [6.07, 6.45) is 2.75. The molecule has 3 unspecified atom stereocenters. The number of halogens is 1. The van der Waals surface area contributed by atoms with Gasteiger partial charge in [0.1, 0.15) is 0 Å². The van der Waals surface area contributed by atoms with Crippen LogP contribution in [0.1, 0.15) is 38.2 Å². The van der Waals surface area contributed by atoms with Crippen LogP contribution in [0.2, 0.25) is 0 Å². The van der Waals surface area contributed by atoms with E-state index in [0.717, 1.165) is 17.3 Å². The lowest BCUT2D eigenvalue weighted by Gasteiger charge is -2.39. The highest BCUT2D eigenvalue weighted by Gasteiger charge is 2.26. The molecule has 0 saturated carbocycles. The molecule has 1 saturated heterocycles. The lowest BCUT2D eigenvalue weighted by molar-refractivity contribution is 0.109. The predicted molar refractivity (Wildman–Crippen MR) is 82.4 cm³/mol. The molecule has 1 aromatic carbocycles. The Labute approximate surface area is 120 Å². The lowest BCUT2D eigenvalue weighted by atomic mass is 9.90. The van der Waals surface area contributed by atoms with Crippen molar-refractivity contribution >= 4 is 15.9 Å². The average Bonchev–Trinajstić information content (AvgIpc) is 2.41. The Morgan fingerprint density at radius 1 is 1.28 bits per heavy atom. The predicted octanol–water partition coefficient (Wildman–Crippen LogP) is 4.29. The van der Waals surface area contributed by atoms with Crippen LogP contribution in [0.25, 0.3) is 0 Å². The molecular weight excluding hydrogens is 286 g/mol. The topological polar surface area (TPSA) is 3.24 Å². The van der Waals surface area contributed by atoms with Crippen LogP contribution in [0.3, 0.4) is 0 Å². The van der Waals surface area contributed by atoms with Gasteiger partial charge in [-0.2, -0.15) is 0 Å². The molecule has 0 spiro atoms. The van der Waals surface area contributed by atoms with Crippen LogP contribution in [0, 0.1) is 5.92 Å². The van der Waals surface area contributed by atoms with Crippen molar-refractivity contribution in [1.82, 2.24) is 4.90 Å². The van der Waals surface area contributed by atoms with Gasteiger partial charge in [0, 0.05) is 23.8 Å². The van der Waals surface area contributed by atoms with Gasteiger partial charge in [-0.15, -0.1) is 0 Å². The van der Waals surface area contributed by atoms with Gasteiger partial charge in [0.15, 0.2) is 0 Å². The Kier molecular flexibility index (Phi) is 5.25. The maximum Gasteiger partial charge on any atom is 0.0112 e. The van der Waals surface area contributed by atoms with E-state index >= 15 is 0 Å². The van der Waals surface area contributed by atoms with Crippen molar-refractivity contribution < 1.29 is 0 Å². The zero-order valence-electron chi connectivity index (χ0n) is 11.5. The number of piperidine rings is 1. The molecule has 1 aliphatic heterocycles. The summed E-state index contributed by atoms with van der Waals surface area (Å²) in [6, 6.07) is 11.6. The first-order valence-electron chi connectivity index (χ1n) is 7.07. The second-order valence-corrected chi connectivity index (χ2v) is 6.26. The molecule has 0 bridgehead atoms. The fourth-order valence-electron chi connectivity index (χ4n) is 2.93. The van der Waals surface area contributed by atoms with Crippen LogP contribution in [0.5, 0.6) is 0 Å². The molecule has 1 heterocycles. The summed E-state index contributed by atoms with van der Waals surface area (Å²) in [4.78, 5) is 2.67. The molecule has 0 aromatic heterocycles. The Balaban J connectivity index is 2.02. The van der Waals surface area contributed by atoms with Gasteiger partial charge in [0.25, 0.3) is 0 Å². The van der Waals surface area contributed by atoms with E-state index in [1.807, 2.05) is 0 Å². The van der Waals surface area contributed by atoms with E-state index in [4.69, 9.17) is 0 Å². The average molecular weight is 310 g/mol. The fraction of sp³-hybridized carbons (Fsp3) is 0.625. The zero-order chi connectivity index (χ0) is 13.0. The van der Waals surface area contributed by atoms with Gasteiger partial charge in [0.05, 0.1) is 0 Å². The molecule has 3 atom stereocenters. The molecule has 0 aliphatic carbocycles. The van der Waals surface area contributed by atoms with Gasteiger partial charge >= 0.3 is 0 Å². The molecule has 0 amide bonds. The zero-order valence-corrected chi connectivity index (χ0v) is 13.1. The summed E-state index contributed by atoms with van der Waals surface area (Å²) < 4.78 is 0. The summed E-state index contributed by atoms with van der Waals surface area (Å²) in [5.41, 5.74) is 1.46. The molecule has 1 fully saturated rings. The van der Waals surface area contributed by atoms with Crippen LogP contribution < -0.4 is 0 Å².